The van der Waals surface area contributed by atoms with Gasteiger partial charge in [-0.3, -0.25) is 0 Å². The molecule has 0 aromatic carbocycles. The minimum absolute atomic E-state index is 0.0420. The fourth-order valence-corrected chi connectivity index (χ4v) is 3.35. The van der Waals surface area contributed by atoms with Crippen LogP contribution in [-0.4, -0.2) is 24.4 Å². The maximum absolute atomic E-state index is 10.3. The maximum Gasteiger partial charge on any atom is 0.0571 e. The van der Waals surface area contributed by atoms with E-state index in [0.29, 0.717) is 11.8 Å². The summed E-state index contributed by atoms with van der Waals surface area (Å²) in [5, 5.41) is 10.3. The lowest BCUT2D eigenvalue weighted by Gasteiger charge is -2.27. The minimum Gasteiger partial charge on any atom is -0.393 e. The van der Waals surface area contributed by atoms with E-state index >= 15 is 0 Å². The molecule has 1 aliphatic heterocycles. The van der Waals surface area contributed by atoms with Crippen molar-refractivity contribution < 1.29 is 9.84 Å². The van der Waals surface area contributed by atoms with Gasteiger partial charge in [-0.25, -0.2) is 0 Å². The van der Waals surface area contributed by atoms with Crippen LogP contribution < -0.4 is 0 Å². The molecule has 1 heterocycles. The number of hydrogen-bond donors (Lipinski definition) is 1. The van der Waals surface area contributed by atoms with E-state index in [9.17, 15) is 5.11 Å². The Morgan fingerprint density at radius 1 is 1.12 bits per heavy atom. The molecule has 0 radical (unpaired) electrons. The third kappa shape index (κ3) is 3.21. The monoisotopic (exact) mass is 226 g/mol. The zero-order valence-electron chi connectivity index (χ0n) is 10.5. The number of ether oxygens (including phenoxy) is 1. The van der Waals surface area contributed by atoms with Gasteiger partial charge in [0.25, 0.3) is 0 Å². The van der Waals surface area contributed by atoms with E-state index in [4.69, 9.17) is 4.74 Å². The molecule has 2 fully saturated rings. The number of aliphatic hydroxyl groups is 1. The predicted molar refractivity (Wildman–Crippen MR) is 65.3 cm³/mol. The van der Waals surface area contributed by atoms with Gasteiger partial charge in [0.05, 0.1) is 6.10 Å². The lowest BCUT2D eigenvalue weighted by atomic mass is 9.87. The van der Waals surface area contributed by atoms with Gasteiger partial charge in [-0.05, 0) is 49.9 Å². The molecular weight excluding hydrogens is 200 g/mol. The lowest BCUT2D eigenvalue weighted by molar-refractivity contribution is 0.0278. The van der Waals surface area contributed by atoms with Crippen molar-refractivity contribution in [2.45, 2.75) is 58.0 Å². The van der Waals surface area contributed by atoms with E-state index in [2.05, 4.69) is 6.92 Å². The van der Waals surface area contributed by atoms with Crippen molar-refractivity contribution in [2.75, 3.05) is 13.2 Å². The summed E-state index contributed by atoms with van der Waals surface area (Å²) in [5.74, 6) is 2.19. The van der Waals surface area contributed by atoms with E-state index in [1.165, 1.54) is 25.7 Å². The number of aliphatic hydroxyl groups excluding tert-OH is 1. The predicted octanol–water partition coefficient (Wildman–Crippen LogP) is 2.99. The summed E-state index contributed by atoms with van der Waals surface area (Å²) in [5.41, 5.74) is 0. The molecule has 3 atom stereocenters. The van der Waals surface area contributed by atoms with E-state index in [-0.39, 0.29) is 6.10 Å². The van der Waals surface area contributed by atoms with Crippen molar-refractivity contribution in [3.8, 4) is 0 Å². The van der Waals surface area contributed by atoms with Crippen LogP contribution in [0.25, 0.3) is 0 Å². The first kappa shape index (κ1) is 12.4. The van der Waals surface area contributed by atoms with Crippen LogP contribution in [0.2, 0.25) is 0 Å². The van der Waals surface area contributed by atoms with Gasteiger partial charge in [-0.15, -0.1) is 0 Å². The van der Waals surface area contributed by atoms with Crippen LogP contribution in [0.5, 0.6) is 0 Å². The summed E-state index contributed by atoms with van der Waals surface area (Å²) < 4.78 is 5.36. The minimum atomic E-state index is -0.0420. The fraction of sp³-hybridized carbons (Fsp3) is 1.00. The molecule has 1 saturated carbocycles. The summed E-state index contributed by atoms with van der Waals surface area (Å²) in [7, 11) is 0. The number of hydrogen-bond acceptors (Lipinski definition) is 2. The van der Waals surface area contributed by atoms with Gasteiger partial charge in [-0.2, -0.15) is 0 Å². The molecule has 3 unspecified atom stereocenters. The van der Waals surface area contributed by atoms with Crippen LogP contribution in [0.4, 0.5) is 0 Å². The Morgan fingerprint density at radius 3 is 2.50 bits per heavy atom. The molecule has 2 aliphatic rings. The van der Waals surface area contributed by atoms with Gasteiger partial charge in [0.15, 0.2) is 0 Å². The van der Waals surface area contributed by atoms with Gasteiger partial charge >= 0.3 is 0 Å². The molecule has 1 aliphatic carbocycles. The zero-order valence-corrected chi connectivity index (χ0v) is 10.5. The first-order chi connectivity index (χ1) is 7.79. The molecule has 0 spiro atoms. The Hall–Kier alpha value is -0.0800. The summed E-state index contributed by atoms with van der Waals surface area (Å²) in [6, 6.07) is 0. The van der Waals surface area contributed by atoms with Crippen molar-refractivity contribution in [3.05, 3.63) is 0 Å². The average Bonchev–Trinajstić information content (AvgIpc) is 2.79. The van der Waals surface area contributed by atoms with E-state index in [1.54, 1.807) is 0 Å². The van der Waals surface area contributed by atoms with Crippen LogP contribution in [0.15, 0.2) is 0 Å². The second kappa shape index (κ2) is 6.02. The zero-order chi connectivity index (χ0) is 11.4. The molecule has 2 heteroatoms. The fourth-order valence-electron chi connectivity index (χ4n) is 3.35. The van der Waals surface area contributed by atoms with Gasteiger partial charge in [0, 0.05) is 13.2 Å². The van der Waals surface area contributed by atoms with Crippen LogP contribution in [-0.2, 0) is 4.74 Å². The van der Waals surface area contributed by atoms with E-state index < -0.39 is 0 Å². The summed E-state index contributed by atoms with van der Waals surface area (Å²) in [6.45, 7) is 4.08. The molecule has 0 aromatic heterocycles. The molecule has 0 amide bonds. The Balaban J connectivity index is 1.72. The maximum atomic E-state index is 10.3. The highest BCUT2D eigenvalue weighted by molar-refractivity contribution is 4.81. The highest BCUT2D eigenvalue weighted by Gasteiger charge is 2.30. The summed E-state index contributed by atoms with van der Waals surface area (Å²) in [4.78, 5) is 0. The Morgan fingerprint density at radius 2 is 1.88 bits per heavy atom. The highest BCUT2D eigenvalue weighted by Crippen LogP contribution is 2.37. The molecule has 94 valence electrons. The van der Waals surface area contributed by atoms with Gasteiger partial charge in [-0.1, -0.05) is 19.8 Å². The first-order valence-corrected chi connectivity index (χ1v) is 7.05. The highest BCUT2D eigenvalue weighted by atomic mass is 16.5. The molecular formula is C14H26O2. The molecule has 16 heavy (non-hydrogen) atoms. The van der Waals surface area contributed by atoms with Gasteiger partial charge < -0.3 is 9.84 Å². The van der Waals surface area contributed by atoms with Crippen molar-refractivity contribution >= 4 is 0 Å². The molecule has 1 saturated heterocycles. The normalized spacial score (nSPS) is 34.1. The average molecular weight is 226 g/mol. The van der Waals surface area contributed by atoms with Gasteiger partial charge in [0.2, 0.25) is 0 Å². The van der Waals surface area contributed by atoms with Crippen LogP contribution in [0, 0.1) is 17.8 Å². The second-order valence-corrected chi connectivity index (χ2v) is 5.71. The van der Waals surface area contributed by atoms with E-state index in [0.717, 1.165) is 38.4 Å². The largest absolute Gasteiger partial charge is 0.393 e. The summed E-state index contributed by atoms with van der Waals surface area (Å²) >= 11 is 0. The Kier molecular flexibility index (Phi) is 4.66. The van der Waals surface area contributed by atoms with Crippen LogP contribution in [0.3, 0.4) is 0 Å². The smallest absolute Gasteiger partial charge is 0.0571 e. The Labute approximate surface area is 99.4 Å². The molecule has 2 nitrogen and oxygen atoms in total. The standard InChI is InChI=1S/C14H26O2/c1-2-11-3-4-13(9-11)14(15)10-12-5-7-16-8-6-12/h11-15H,2-10H2,1H3. The van der Waals surface area contributed by atoms with Crippen molar-refractivity contribution in [3.63, 3.8) is 0 Å². The van der Waals surface area contributed by atoms with Crippen LogP contribution in [0.1, 0.15) is 51.9 Å². The molecule has 0 bridgehead atoms. The Bertz CT molecular complexity index is 199. The van der Waals surface area contributed by atoms with Crippen molar-refractivity contribution in [2.24, 2.45) is 17.8 Å². The molecule has 2 rings (SSSR count). The second-order valence-electron chi connectivity index (χ2n) is 5.71. The van der Waals surface area contributed by atoms with Crippen molar-refractivity contribution in [1.29, 1.82) is 0 Å². The van der Waals surface area contributed by atoms with Gasteiger partial charge in [0.1, 0.15) is 0 Å². The van der Waals surface area contributed by atoms with Crippen LogP contribution >= 0.6 is 0 Å². The third-order valence-electron chi connectivity index (χ3n) is 4.62. The number of rotatable bonds is 4. The van der Waals surface area contributed by atoms with E-state index in [1.807, 2.05) is 0 Å². The third-order valence-corrected chi connectivity index (χ3v) is 4.62. The topological polar surface area (TPSA) is 29.5 Å². The summed E-state index contributed by atoms with van der Waals surface area (Å²) in [6.07, 6.45) is 8.43. The SMILES string of the molecule is CCC1CCC(C(O)CC2CCOCC2)C1. The molecule has 1 N–H and O–H groups in total. The quantitative estimate of drug-likeness (QED) is 0.798. The lowest BCUT2D eigenvalue weighted by Crippen LogP contribution is -2.25. The first-order valence-electron chi connectivity index (χ1n) is 7.05. The van der Waals surface area contributed by atoms with Crippen molar-refractivity contribution in [1.82, 2.24) is 0 Å². The molecule has 0 aromatic rings.